The summed E-state index contributed by atoms with van der Waals surface area (Å²) >= 11 is 0. The summed E-state index contributed by atoms with van der Waals surface area (Å²) < 4.78 is 18.8. The Balaban J connectivity index is 1.31. The second-order valence-electron chi connectivity index (χ2n) is 7.93. The minimum atomic E-state index is -0.436. The highest BCUT2D eigenvalue weighted by Gasteiger charge is 2.11. The molecule has 0 fully saturated rings. The van der Waals surface area contributed by atoms with Crippen molar-refractivity contribution in [2.24, 2.45) is 5.10 Å². The summed E-state index contributed by atoms with van der Waals surface area (Å²) in [6, 6.07) is 21.0. The average Bonchev–Trinajstić information content (AvgIpc) is 3.44. The number of amides is 1. The van der Waals surface area contributed by atoms with Crippen molar-refractivity contribution in [2.45, 2.75) is 27.4 Å². The fourth-order valence-corrected chi connectivity index (χ4v) is 3.70. The van der Waals surface area contributed by atoms with Gasteiger partial charge in [0.1, 0.15) is 23.9 Å². The third-order valence-corrected chi connectivity index (χ3v) is 5.43. The van der Waals surface area contributed by atoms with E-state index in [2.05, 4.69) is 41.1 Å². The number of nitrogens with zero attached hydrogens (tertiary/aromatic N) is 2. The van der Waals surface area contributed by atoms with Crippen LogP contribution in [0.4, 0.5) is 0 Å². The summed E-state index contributed by atoms with van der Waals surface area (Å²) in [4.78, 5) is 12.3. The zero-order valence-corrected chi connectivity index (χ0v) is 19.7. The number of furan rings is 1. The van der Waals surface area contributed by atoms with Crippen LogP contribution in [0.3, 0.4) is 0 Å². The van der Waals surface area contributed by atoms with Crippen molar-refractivity contribution in [3.8, 4) is 17.2 Å². The van der Waals surface area contributed by atoms with Crippen LogP contribution in [0, 0.1) is 20.8 Å². The van der Waals surface area contributed by atoms with Gasteiger partial charge in [0, 0.05) is 17.1 Å². The van der Waals surface area contributed by atoms with E-state index in [4.69, 9.17) is 13.9 Å². The molecule has 0 saturated carbocycles. The number of hydrogen-bond acceptors (Lipinski definition) is 5. The quantitative estimate of drug-likeness (QED) is 0.286. The number of hydrogen-bond donors (Lipinski definition) is 1. The largest absolute Gasteiger partial charge is 0.496 e. The summed E-state index contributed by atoms with van der Waals surface area (Å²) in [5.74, 6) is 1.78. The van der Waals surface area contributed by atoms with Gasteiger partial charge in [0.25, 0.3) is 0 Å². The fourth-order valence-electron chi connectivity index (χ4n) is 3.70. The molecule has 7 nitrogen and oxygen atoms in total. The molecule has 0 radical (unpaired) electrons. The third kappa shape index (κ3) is 5.20. The number of methoxy groups -OCH3 is 1. The molecule has 0 spiro atoms. The molecule has 2 aromatic carbocycles. The first-order valence-corrected chi connectivity index (χ1v) is 10.9. The van der Waals surface area contributed by atoms with Crippen LogP contribution in [-0.4, -0.2) is 23.8 Å². The normalized spacial score (nSPS) is 11.1. The van der Waals surface area contributed by atoms with Crippen LogP contribution in [0.25, 0.3) is 5.69 Å². The lowest BCUT2D eigenvalue weighted by molar-refractivity contribution is 0.0923. The number of nitrogens with one attached hydrogen (secondary N) is 1. The van der Waals surface area contributed by atoms with Crippen molar-refractivity contribution in [3.05, 3.63) is 101 Å². The molecule has 174 valence electrons. The van der Waals surface area contributed by atoms with Crippen LogP contribution < -0.4 is 14.9 Å². The number of hydrazone groups is 1. The summed E-state index contributed by atoms with van der Waals surface area (Å²) in [5, 5.41) is 4.00. The molecule has 7 heteroatoms. The third-order valence-electron chi connectivity index (χ3n) is 5.43. The highest BCUT2D eigenvalue weighted by atomic mass is 16.5. The van der Waals surface area contributed by atoms with E-state index in [0.29, 0.717) is 11.5 Å². The summed E-state index contributed by atoms with van der Waals surface area (Å²) in [7, 11) is 1.63. The average molecular weight is 458 g/mol. The first-order valence-electron chi connectivity index (χ1n) is 10.9. The van der Waals surface area contributed by atoms with Gasteiger partial charge in [0.15, 0.2) is 5.76 Å². The number of carbonyl (C=O) groups is 1. The molecule has 1 amide bonds. The van der Waals surface area contributed by atoms with Gasteiger partial charge in [0.05, 0.1) is 13.3 Å². The van der Waals surface area contributed by atoms with Gasteiger partial charge in [-0.3, -0.25) is 4.79 Å². The highest BCUT2D eigenvalue weighted by molar-refractivity contribution is 5.92. The maximum Gasteiger partial charge on any atom is 0.307 e. The molecule has 0 aliphatic carbocycles. The molecule has 0 saturated heterocycles. The number of aryl methyl sites for hydroxylation is 3. The maximum atomic E-state index is 12.3. The molecule has 0 unspecified atom stereocenters. The van der Waals surface area contributed by atoms with Crippen molar-refractivity contribution in [3.63, 3.8) is 0 Å². The lowest BCUT2D eigenvalue weighted by Gasteiger charge is -2.10. The monoisotopic (exact) mass is 457 g/mol. The summed E-state index contributed by atoms with van der Waals surface area (Å²) in [6.07, 6.45) is 1.57. The Morgan fingerprint density at radius 1 is 1.00 bits per heavy atom. The number of benzene rings is 2. The molecule has 0 aliphatic heterocycles. The van der Waals surface area contributed by atoms with Crippen LogP contribution >= 0.6 is 0 Å². The van der Waals surface area contributed by atoms with Crippen molar-refractivity contribution in [1.82, 2.24) is 9.99 Å². The summed E-state index contributed by atoms with van der Waals surface area (Å²) in [6.45, 7) is 6.31. The van der Waals surface area contributed by atoms with Gasteiger partial charge in [-0.2, -0.15) is 5.10 Å². The van der Waals surface area contributed by atoms with E-state index in [1.807, 2.05) is 49.4 Å². The van der Waals surface area contributed by atoms with Crippen LogP contribution in [-0.2, 0) is 6.61 Å². The molecule has 0 bridgehead atoms. The van der Waals surface area contributed by atoms with Gasteiger partial charge >= 0.3 is 5.91 Å². The van der Waals surface area contributed by atoms with Gasteiger partial charge in [-0.1, -0.05) is 0 Å². The maximum absolute atomic E-state index is 12.3. The van der Waals surface area contributed by atoms with Crippen molar-refractivity contribution >= 4 is 12.1 Å². The Kier molecular flexibility index (Phi) is 6.82. The van der Waals surface area contributed by atoms with E-state index in [1.165, 1.54) is 11.4 Å². The van der Waals surface area contributed by atoms with Gasteiger partial charge in [-0.15, -0.1) is 0 Å². The Morgan fingerprint density at radius 3 is 2.41 bits per heavy atom. The molecule has 34 heavy (non-hydrogen) atoms. The molecule has 2 heterocycles. The molecule has 0 aliphatic rings. The minimum Gasteiger partial charge on any atom is -0.496 e. The zero-order valence-electron chi connectivity index (χ0n) is 19.7. The fraction of sp³-hybridized carbons (Fsp3) is 0.185. The van der Waals surface area contributed by atoms with E-state index in [0.717, 1.165) is 22.6 Å². The molecular weight excluding hydrogens is 430 g/mol. The first-order chi connectivity index (χ1) is 16.4. The molecule has 1 N–H and O–H groups in total. The summed E-state index contributed by atoms with van der Waals surface area (Å²) in [5.41, 5.74) is 7.74. The number of ether oxygens (including phenoxy) is 2. The van der Waals surface area contributed by atoms with Crippen molar-refractivity contribution in [2.75, 3.05) is 7.11 Å². The molecule has 4 aromatic rings. The standard InChI is InChI=1S/C27H27N3O4/c1-18-15-21(7-13-25(18)32-4)16-28-29-27(31)26-14-12-24(34-26)17-33-23-10-8-22(9-11-23)30-19(2)5-6-20(30)3/h5-16H,17H2,1-4H3,(H,29,31)/b28-16+. The minimum absolute atomic E-state index is 0.163. The van der Waals surface area contributed by atoms with E-state index >= 15 is 0 Å². The number of rotatable bonds is 8. The molecule has 2 aromatic heterocycles. The van der Waals surface area contributed by atoms with Gasteiger partial charge in [0.2, 0.25) is 0 Å². The van der Waals surface area contributed by atoms with Gasteiger partial charge in [-0.05, 0) is 98.6 Å². The van der Waals surface area contributed by atoms with Crippen molar-refractivity contribution in [1.29, 1.82) is 0 Å². The Labute approximate surface area is 198 Å². The SMILES string of the molecule is COc1ccc(/C=N/NC(=O)c2ccc(COc3ccc(-n4c(C)ccc4C)cc3)o2)cc1C. The second kappa shape index (κ2) is 10.1. The smallest absolute Gasteiger partial charge is 0.307 e. The number of aromatic nitrogens is 1. The molecule has 4 rings (SSSR count). The van der Waals surface area contributed by atoms with E-state index in [-0.39, 0.29) is 12.4 Å². The Morgan fingerprint density at radius 2 is 1.74 bits per heavy atom. The predicted octanol–water partition coefficient (Wildman–Crippen LogP) is 5.35. The highest BCUT2D eigenvalue weighted by Crippen LogP contribution is 2.21. The van der Waals surface area contributed by atoms with E-state index < -0.39 is 5.91 Å². The van der Waals surface area contributed by atoms with Gasteiger partial charge < -0.3 is 18.5 Å². The lowest BCUT2D eigenvalue weighted by Crippen LogP contribution is -2.16. The van der Waals surface area contributed by atoms with Crippen molar-refractivity contribution < 1.29 is 18.7 Å². The topological polar surface area (TPSA) is 78.0 Å². The lowest BCUT2D eigenvalue weighted by atomic mass is 10.1. The molecule has 0 atom stereocenters. The van der Waals surface area contributed by atoms with Crippen LogP contribution in [0.1, 0.15) is 38.8 Å². The predicted molar refractivity (Wildman–Crippen MR) is 131 cm³/mol. The zero-order chi connectivity index (χ0) is 24.1. The van der Waals surface area contributed by atoms with Crippen LogP contribution in [0.2, 0.25) is 0 Å². The van der Waals surface area contributed by atoms with Gasteiger partial charge in [-0.25, -0.2) is 5.43 Å². The Bertz CT molecular complexity index is 1300. The first kappa shape index (κ1) is 22.9. The second-order valence-corrected chi connectivity index (χ2v) is 7.93. The van der Waals surface area contributed by atoms with Crippen LogP contribution in [0.15, 0.2) is 76.2 Å². The Hall–Kier alpha value is -4.26. The van der Waals surface area contributed by atoms with E-state index in [1.54, 1.807) is 25.5 Å². The number of carbonyl (C=O) groups excluding carboxylic acids is 1. The van der Waals surface area contributed by atoms with E-state index in [9.17, 15) is 4.79 Å². The molecular formula is C27H27N3O4. The van der Waals surface area contributed by atoms with Crippen LogP contribution in [0.5, 0.6) is 11.5 Å².